The highest BCUT2D eigenvalue weighted by atomic mass is 35.5. The van der Waals surface area contributed by atoms with Gasteiger partial charge in [0.25, 0.3) is 0 Å². The highest BCUT2D eigenvalue weighted by Crippen LogP contribution is 2.20. The Bertz CT molecular complexity index is 251. The number of rotatable bonds is 19. The Labute approximate surface area is 157 Å². The maximum atomic E-state index is 5.66. The Kier molecular flexibility index (Phi) is 18.5. The van der Waals surface area contributed by atoms with Gasteiger partial charge in [-0.3, -0.25) is 0 Å². The van der Waals surface area contributed by atoms with E-state index in [2.05, 4.69) is 6.92 Å². The summed E-state index contributed by atoms with van der Waals surface area (Å²) in [5.41, 5.74) is 0. The van der Waals surface area contributed by atoms with Crippen molar-refractivity contribution in [3.8, 4) is 0 Å². The maximum absolute atomic E-state index is 5.66. The van der Waals surface area contributed by atoms with Gasteiger partial charge >= 0.3 is 8.80 Å². The van der Waals surface area contributed by atoms with E-state index in [1.165, 1.54) is 83.5 Å². The fourth-order valence-corrected chi connectivity index (χ4v) is 5.40. The van der Waals surface area contributed by atoms with E-state index >= 15 is 0 Å². The summed E-state index contributed by atoms with van der Waals surface area (Å²) < 4.78 is 16.4. The molecule has 0 heterocycles. The molecule has 0 radical (unpaired) electrons. The second-order valence-corrected chi connectivity index (χ2v) is 9.88. The Morgan fingerprint density at radius 2 is 1.00 bits per heavy atom. The van der Waals surface area contributed by atoms with Crippen molar-refractivity contribution in [2.75, 3.05) is 20.3 Å². The monoisotopic (exact) mass is 380 g/mol. The largest absolute Gasteiger partial charge is 0.501 e. The van der Waals surface area contributed by atoms with Crippen LogP contribution in [0, 0.1) is 0 Å². The zero-order valence-corrected chi connectivity index (χ0v) is 18.2. The summed E-state index contributed by atoms with van der Waals surface area (Å²) in [4.78, 5) is 0. The van der Waals surface area contributed by atoms with Crippen LogP contribution >= 0.6 is 11.6 Å². The molecule has 0 aromatic heterocycles. The lowest BCUT2D eigenvalue weighted by Crippen LogP contribution is -2.43. The highest BCUT2D eigenvalue weighted by molar-refractivity contribution is 6.61. The van der Waals surface area contributed by atoms with E-state index in [9.17, 15) is 0 Å². The first kappa shape index (κ1) is 24.4. The smallest absolute Gasteiger partial charge is 0.377 e. The molecular weight excluding hydrogens is 340 g/mol. The summed E-state index contributed by atoms with van der Waals surface area (Å²) >= 11 is 5.66. The van der Waals surface area contributed by atoms with Crippen molar-refractivity contribution in [3.63, 3.8) is 0 Å². The van der Waals surface area contributed by atoms with Gasteiger partial charge < -0.3 is 13.3 Å². The molecule has 146 valence electrons. The first-order valence-corrected chi connectivity index (χ1v) is 12.5. The molecule has 0 aromatic carbocycles. The van der Waals surface area contributed by atoms with Gasteiger partial charge in [0.15, 0.2) is 0 Å². The zero-order chi connectivity index (χ0) is 17.9. The summed E-state index contributed by atoms with van der Waals surface area (Å²) in [6.45, 7) is 2.28. The van der Waals surface area contributed by atoms with Crippen LogP contribution in [0.25, 0.3) is 0 Å². The highest BCUT2D eigenvalue weighted by Gasteiger charge is 2.37. The van der Waals surface area contributed by atoms with Crippen LogP contribution in [-0.4, -0.2) is 29.1 Å². The Hall–Kier alpha value is 0.387. The summed E-state index contributed by atoms with van der Waals surface area (Å²) in [6, 6.07) is 1.01. The SMILES string of the molecule is CCCCCCCCCCCCCCCC[Si](OC)(OC)OCCl. The van der Waals surface area contributed by atoms with E-state index in [4.69, 9.17) is 24.9 Å². The normalized spacial score (nSPS) is 12.0. The summed E-state index contributed by atoms with van der Waals surface area (Å²) in [6.07, 6.45) is 19.1. The molecule has 0 aromatic rings. The standard InChI is InChI=1S/C19H41ClO3Si/c1-4-5-6-7-8-9-10-11-12-13-14-15-16-17-18-24(21-2,22-3)23-19-20/h4-19H2,1-3H3. The van der Waals surface area contributed by atoms with Crippen LogP contribution in [0.4, 0.5) is 0 Å². The van der Waals surface area contributed by atoms with Crippen LogP contribution < -0.4 is 0 Å². The van der Waals surface area contributed by atoms with Gasteiger partial charge in [-0.2, -0.15) is 0 Å². The number of alkyl halides is 1. The topological polar surface area (TPSA) is 27.7 Å². The van der Waals surface area contributed by atoms with Crippen molar-refractivity contribution in [3.05, 3.63) is 0 Å². The van der Waals surface area contributed by atoms with Gasteiger partial charge in [0.2, 0.25) is 0 Å². The van der Waals surface area contributed by atoms with Crippen molar-refractivity contribution in [1.29, 1.82) is 0 Å². The lowest BCUT2D eigenvalue weighted by atomic mass is 10.0. The van der Waals surface area contributed by atoms with E-state index in [0.717, 1.165) is 12.5 Å². The van der Waals surface area contributed by atoms with Crippen LogP contribution in [0.3, 0.4) is 0 Å². The van der Waals surface area contributed by atoms with Crippen molar-refractivity contribution in [1.82, 2.24) is 0 Å². The van der Waals surface area contributed by atoms with Crippen LogP contribution in [-0.2, 0) is 13.3 Å². The molecule has 0 spiro atoms. The lowest BCUT2D eigenvalue weighted by Gasteiger charge is -2.25. The van der Waals surface area contributed by atoms with Crippen LogP contribution in [0.1, 0.15) is 96.8 Å². The summed E-state index contributed by atoms with van der Waals surface area (Å²) in [5.74, 6) is 0. The molecule has 0 N–H and O–H groups in total. The molecule has 0 aliphatic rings. The third-order valence-corrected chi connectivity index (χ3v) is 7.82. The van der Waals surface area contributed by atoms with Crippen molar-refractivity contribution in [2.45, 2.75) is 103 Å². The van der Waals surface area contributed by atoms with Gasteiger partial charge in [0.1, 0.15) is 6.07 Å². The zero-order valence-electron chi connectivity index (χ0n) is 16.4. The predicted molar refractivity (Wildman–Crippen MR) is 107 cm³/mol. The van der Waals surface area contributed by atoms with Crippen LogP contribution in [0.5, 0.6) is 0 Å². The summed E-state index contributed by atoms with van der Waals surface area (Å²) in [7, 11) is 0.839. The van der Waals surface area contributed by atoms with Gasteiger partial charge in [0, 0.05) is 20.3 Å². The van der Waals surface area contributed by atoms with E-state index < -0.39 is 8.80 Å². The fourth-order valence-electron chi connectivity index (χ4n) is 3.10. The van der Waals surface area contributed by atoms with E-state index in [1.54, 1.807) is 14.2 Å². The third-order valence-electron chi connectivity index (χ3n) is 4.73. The first-order valence-electron chi connectivity index (χ1n) is 10.0. The van der Waals surface area contributed by atoms with Crippen LogP contribution in [0.2, 0.25) is 6.04 Å². The van der Waals surface area contributed by atoms with Gasteiger partial charge in [-0.15, -0.1) is 0 Å². The van der Waals surface area contributed by atoms with Crippen molar-refractivity contribution >= 4 is 20.4 Å². The molecule has 0 atom stereocenters. The minimum Gasteiger partial charge on any atom is -0.377 e. The molecule has 3 nitrogen and oxygen atoms in total. The number of unbranched alkanes of at least 4 members (excludes halogenated alkanes) is 13. The first-order chi connectivity index (χ1) is 11.7. The average molecular weight is 381 g/mol. The molecule has 0 fully saturated rings. The van der Waals surface area contributed by atoms with Crippen LogP contribution in [0.15, 0.2) is 0 Å². The lowest BCUT2D eigenvalue weighted by molar-refractivity contribution is 0.115. The molecule has 0 amide bonds. The number of hydrogen-bond donors (Lipinski definition) is 0. The summed E-state index contributed by atoms with van der Waals surface area (Å²) in [5, 5.41) is 0. The molecule has 0 saturated heterocycles. The van der Waals surface area contributed by atoms with E-state index in [1.807, 2.05) is 0 Å². The molecule has 0 saturated carbocycles. The van der Waals surface area contributed by atoms with Gasteiger partial charge in [-0.1, -0.05) is 102 Å². The van der Waals surface area contributed by atoms with Crippen molar-refractivity contribution < 1.29 is 13.3 Å². The van der Waals surface area contributed by atoms with Gasteiger partial charge in [0.05, 0.1) is 0 Å². The molecule has 0 aliphatic carbocycles. The van der Waals surface area contributed by atoms with Gasteiger partial charge in [-0.25, -0.2) is 0 Å². The molecule has 0 rings (SSSR count). The molecule has 5 heteroatoms. The number of halogens is 1. The molecule has 0 unspecified atom stereocenters. The Morgan fingerprint density at radius 3 is 1.33 bits per heavy atom. The quantitative estimate of drug-likeness (QED) is 0.138. The molecule has 0 bridgehead atoms. The third kappa shape index (κ3) is 13.7. The van der Waals surface area contributed by atoms with Gasteiger partial charge in [-0.05, 0) is 6.42 Å². The minimum atomic E-state index is -2.48. The Morgan fingerprint density at radius 1 is 0.625 bits per heavy atom. The number of hydrogen-bond acceptors (Lipinski definition) is 3. The van der Waals surface area contributed by atoms with E-state index in [-0.39, 0.29) is 6.07 Å². The average Bonchev–Trinajstić information content (AvgIpc) is 2.61. The van der Waals surface area contributed by atoms with E-state index in [0.29, 0.717) is 0 Å². The maximum Gasteiger partial charge on any atom is 0.501 e. The Balaban J connectivity index is 3.33. The molecule has 0 aliphatic heterocycles. The van der Waals surface area contributed by atoms with Crippen molar-refractivity contribution in [2.24, 2.45) is 0 Å². The molecule has 24 heavy (non-hydrogen) atoms. The minimum absolute atomic E-state index is 0.145. The fraction of sp³-hybridized carbons (Fsp3) is 1.00. The second-order valence-electron chi connectivity index (χ2n) is 6.69. The second kappa shape index (κ2) is 18.2. The predicted octanol–water partition coefficient (Wildman–Crippen LogP) is 6.91. The molecular formula is C19H41ClO3Si.